The van der Waals surface area contributed by atoms with E-state index in [1.165, 1.54) is 0 Å². The Labute approximate surface area is 96.0 Å². The van der Waals surface area contributed by atoms with Crippen LogP contribution >= 0.6 is 38.4 Å². The van der Waals surface area contributed by atoms with E-state index in [9.17, 15) is 9.13 Å². The Morgan fingerprint density at radius 1 is 0.733 bits per heavy atom. The fourth-order valence-electron chi connectivity index (χ4n) is 0.170. The average Bonchev–Trinajstić information content (AvgIpc) is 1.58. The summed E-state index contributed by atoms with van der Waals surface area (Å²) in [5.74, 6) is 0. The van der Waals surface area contributed by atoms with Crippen molar-refractivity contribution in [3.05, 3.63) is 0 Å². The Morgan fingerprint density at radius 3 is 0.867 bits per heavy atom. The predicted octanol–water partition coefficient (Wildman–Crippen LogP) is 1.08. The van der Waals surface area contributed by atoms with E-state index in [1.54, 1.807) is 0 Å². The van der Waals surface area contributed by atoms with Crippen molar-refractivity contribution >= 4 is 38.4 Å². The topological polar surface area (TPSA) is 255 Å². The normalized spacial score (nSPS) is 11.1. The Hall–Kier alpha value is 0.720. The van der Waals surface area contributed by atoms with Gasteiger partial charge in [-0.15, -0.1) is 0 Å². The van der Waals surface area contributed by atoms with Gasteiger partial charge in [-0.3, -0.25) is 9.13 Å². The largest absolute Gasteiger partial charge is 0.373 e. The van der Waals surface area contributed by atoms with Gasteiger partial charge in [0.2, 0.25) is 0 Å². The van der Waals surface area contributed by atoms with Crippen molar-refractivity contribution in [3.63, 3.8) is 0 Å². The van der Waals surface area contributed by atoms with Crippen LogP contribution < -0.4 is 24.6 Å². The minimum atomic E-state index is -5.22. The lowest BCUT2D eigenvalue weighted by atomic mass is 11.8. The van der Waals surface area contributed by atoms with E-state index in [0.29, 0.717) is 0 Å². The summed E-state index contributed by atoms with van der Waals surface area (Å²) in [4.78, 5) is 32.9. The fraction of sp³-hybridized carbons (Fsp3) is 1.00. The highest BCUT2D eigenvalue weighted by Crippen LogP contribution is 2.73. The van der Waals surface area contributed by atoms with Crippen LogP contribution in [0.3, 0.4) is 0 Å². The van der Waals surface area contributed by atoms with Crippen molar-refractivity contribution in [3.8, 4) is 0 Å². The highest BCUT2D eigenvalue weighted by atomic mass is 35.5. The van der Waals surface area contributed by atoms with E-state index >= 15 is 0 Å². The molecule has 15 heavy (non-hydrogen) atoms. The van der Waals surface area contributed by atoms with Crippen molar-refractivity contribution in [2.75, 3.05) is 0 Å². The molecule has 0 spiro atoms. The molecule has 0 amide bonds. The molecule has 0 rings (SSSR count). The number of hydrogen-bond acceptors (Lipinski definition) is 6. The zero-order valence-electron chi connectivity index (χ0n) is 7.58. The summed E-state index contributed by atoms with van der Waals surface area (Å²) in [6.45, 7) is 0. The molecule has 16 N–H and O–H groups in total. The lowest BCUT2D eigenvalue weighted by Gasteiger charge is -2.20. The van der Waals surface area contributed by atoms with E-state index < -0.39 is 19.0 Å². The second kappa shape index (κ2) is 7.91. The highest BCUT2D eigenvalue weighted by Gasteiger charge is 2.58. The Bertz CT molecular complexity index is 224. The third kappa shape index (κ3) is 6.80. The average molecular weight is 313 g/mol. The smallest absolute Gasteiger partial charge is 0.344 e. The molecule has 0 aliphatic heterocycles. The van der Waals surface area contributed by atoms with Crippen molar-refractivity contribution < 1.29 is 28.7 Å². The summed E-state index contributed by atoms with van der Waals surface area (Å²) in [6, 6.07) is 0. The van der Waals surface area contributed by atoms with E-state index in [1.807, 2.05) is 0 Å². The van der Waals surface area contributed by atoms with Gasteiger partial charge in [0.25, 0.3) is 0 Å². The first-order valence-corrected chi connectivity index (χ1v) is 5.97. The van der Waals surface area contributed by atoms with Gasteiger partial charge in [0.05, 0.1) is 0 Å². The number of halogens is 2. The predicted molar refractivity (Wildman–Crippen MR) is 58.6 cm³/mol. The summed E-state index contributed by atoms with van der Waals surface area (Å²) in [6.07, 6.45) is 0. The molecule has 0 aromatic rings. The van der Waals surface area contributed by atoms with Gasteiger partial charge in [0, 0.05) is 0 Å². The minimum Gasteiger partial charge on any atom is -0.344 e. The van der Waals surface area contributed by atoms with Crippen molar-refractivity contribution in [1.82, 2.24) is 24.6 Å². The van der Waals surface area contributed by atoms with Crippen LogP contribution in [0.1, 0.15) is 0 Å². The third-order valence-electron chi connectivity index (χ3n) is 0.701. The summed E-state index contributed by atoms with van der Waals surface area (Å²) in [5, 5.41) is 0. The van der Waals surface area contributed by atoms with Gasteiger partial charge < -0.3 is 44.2 Å². The van der Waals surface area contributed by atoms with Gasteiger partial charge in [-0.2, -0.15) is 0 Å². The summed E-state index contributed by atoms with van der Waals surface area (Å²) < 4.78 is 17.1. The molecule has 10 nitrogen and oxygen atoms in total. The second-order valence-electron chi connectivity index (χ2n) is 1.60. The number of rotatable bonds is 2. The monoisotopic (exact) mass is 312 g/mol. The van der Waals surface area contributed by atoms with Crippen LogP contribution in [0.2, 0.25) is 0 Å². The first-order chi connectivity index (χ1) is 4.50. The fourth-order valence-corrected chi connectivity index (χ4v) is 1.53. The highest BCUT2D eigenvalue weighted by molar-refractivity contribution is 7.78. The van der Waals surface area contributed by atoms with Gasteiger partial charge in [-0.25, -0.2) is 0 Å². The molecular weight excluding hydrogens is 297 g/mol. The second-order valence-corrected chi connectivity index (χ2v) is 7.85. The quantitative estimate of drug-likeness (QED) is 0.265. The molecule has 100 valence electrons. The number of hydrogen-bond donors (Lipinski definition) is 8. The maximum Gasteiger partial charge on any atom is 0.373 e. The van der Waals surface area contributed by atoms with E-state index in [0.717, 1.165) is 0 Å². The lowest BCUT2D eigenvalue weighted by Crippen LogP contribution is -2.13. The van der Waals surface area contributed by atoms with Crippen LogP contribution in [0.15, 0.2) is 0 Å². The molecule has 0 atom stereocenters. The van der Waals surface area contributed by atoms with Gasteiger partial charge in [0.15, 0.2) is 0 Å². The van der Waals surface area contributed by atoms with E-state index in [4.69, 9.17) is 42.8 Å². The molecule has 0 bridgehead atoms. The summed E-state index contributed by atoms with van der Waals surface area (Å²) >= 11 is 9.46. The Kier molecular flexibility index (Phi) is 15.6. The molecule has 0 saturated heterocycles. The Morgan fingerprint density at radius 2 is 0.867 bits per heavy atom. The first kappa shape index (κ1) is 29.6. The molecule has 0 aliphatic carbocycles. The molecule has 0 saturated carbocycles. The molecule has 0 unspecified atom stereocenters. The van der Waals surface area contributed by atoms with Gasteiger partial charge in [-0.1, -0.05) is 23.2 Å². The van der Waals surface area contributed by atoms with Crippen molar-refractivity contribution in [2.45, 2.75) is 3.82 Å². The molecule has 0 radical (unpaired) electrons. The van der Waals surface area contributed by atoms with Crippen LogP contribution in [0, 0.1) is 0 Å². The van der Waals surface area contributed by atoms with E-state index in [-0.39, 0.29) is 24.6 Å². The summed E-state index contributed by atoms with van der Waals surface area (Å²) in [5.41, 5.74) is 0. The van der Waals surface area contributed by atoms with Crippen LogP contribution in [0.4, 0.5) is 0 Å². The molecule has 14 heteroatoms. The molecule has 0 aromatic carbocycles. The lowest BCUT2D eigenvalue weighted by molar-refractivity contribution is 0.345. The first-order valence-electron chi connectivity index (χ1n) is 1.99. The van der Waals surface area contributed by atoms with Crippen LogP contribution in [0.25, 0.3) is 0 Å². The molecule has 0 aliphatic rings. The molecular formula is CH16Cl2N4O6P2. The molecule has 0 aromatic heterocycles. The molecule has 0 heterocycles. The maximum atomic E-state index is 10.2. The maximum absolute atomic E-state index is 10.2. The van der Waals surface area contributed by atoms with Crippen molar-refractivity contribution in [1.29, 1.82) is 0 Å². The van der Waals surface area contributed by atoms with Crippen LogP contribution in [-0.4, -0.2) is 23.4 Å². The van der Waals surface area contributed by atoms with Gasteiger partial charge >= 0.3 is 19.0 Å². The number of alkyl halides is 2. The molecule has 0 fully saturated rings. The standard InChI is InChI=1S/CH4Cl2O6P2.4H3N/c2-1(3,10(4,5)6)11(7,8)9;;;;/h(H2,4,5,6)(H2,7,8,9);4*1H3. The third-order valence-corrected chi connectivity index (χ3v) is 6.31. The van der Waals surface area contributed by atoms with Crippen LogP contribution in [-0.2, 0) is 9.13 Å². The van der Waals surface area contributed by atoms with Gasteiger partial charge in [0.1, 0.15) is 0 Å². The van der Waals surface area contributed by atoms with E-state index in [2.05, 4.69) is 0 Å². The zero-order valence-corrected chi connectivity index (χ0v) is 10.9. The van der Waals surface area contributed by atoms with Crippen LogP contribution in [0.5, 0.6) is 0 Å². The minimum absolute atomic E-state index is 0. The Balaban J connectivity index is -0.0000000833. The van der Waals surface area contributed by atoms with Crippen molar-refractivity contribution in [2.24, 2.45) is 0 Å². The zero-order chi connectivity index (χ0) is 9.50. The summed E-state index contributed by atoms with van der Waals surface area (Å²) in [7, 11) is -10.4. The SMILES string of the molecule is N.N.N.N.O=P(O)(O)C(Cl)(Cl)P(=O)(O)O. The van der Waals surface area contributed by atoms with Gasteiger partial charge in [-0.05, 0) is 0 Å².